The monoisotopic (exact) mass is 361 g/mol. The van der Waals surface area contributed by atoms with Crippen molar-refractivity contribution >= 4 is 29.2 Å². The van der Waals surface area contributed by atoms with Crippen LogP contribution < -0.4 is 10.1 Å². The van der Waals surface area contributed by atoms with E-state index in [1.54, 1.807) is 13.0 Å². The van der Waals surface area contributed by atoms with Crippen LogP contribution in [0.1, 0.15) is 29.8 Å². The Hall–Kier alpha value is -2.53. The second kappa shape index (κ2) is 8.53. The summed E-state index contributed by atoms with van der Waals surface area (Å²) in [6, 6.07) is 12.2. The smallest absolute Gasteiger partial charge is 0.339 e. The standard InChI is InChI=1S/C19H20ClNO4/c1-4-13-7-5-6-8-17(13)25-12(2)18(22)21-14-9-10-16(20)15(11-14)19(23)24-3/h5-12H,4H2,1-3H3,(H,21,22)/t12-/m1/s1. The number of nitrogens with one attached hydrogen (secondary N) is 1. The summed E-state index contributed by atoms with van der Waals surface area (Å²) in [6.07, 6.45) is 0.106. The molecule has 1 amide bonds. The lowest BCUT2D eigenvalue weighted by Gasteiger charge is -2.17. The first kappa shape index (κ1) is 18.8. The minimum Gasteiger partial charge on any atom is -0.481 e. The summed E-state index contributed by atoms with van der Waals surface area (Å²) in [7, 11) is 1.27. The number of benzene rings is 2. The Kier molecular flexibility index (Phi) is 6.42. The fraction of sp³-hybridized carbons (Fsp3) is 0.263. The van der Waals surface area contributed by atoms with Crippen molar-refractivity contribution in [3.05, 3.63) is 58.6 Å². The predicted molar refractivity (Wildman–Crippen MR) is 97.3 cm³/mol. The molecule has 1 atom stereocenters. The quantitative estimate of drug-likeness (QED) is 0.787. The number of hydrogen-bond donors (Lipinski definition) is 1. The molecule has 0 bridgehead atoms. The number of anilines is 1. The highest BCUT2D eigenvalue weighted by atomic mass is 35.5. The predicted octanol–water partition coefficient (Wildman–Crippen LogP) is 4.10. The fourth-order valence-corrected chi connectivity index (χ4v) is 2.46. The molecular weight excluding hydrogens is 342 g/mol. The third-order valence-corrected chi connectivity index (χ3v) is 4.00. The fourth-order valence-electron chi connectivity index (χ4n) is 2.27. The molecule has 0 aromatic heterocycles. The lowest BCUT2D eigenvalue weighted by atomic mass is 10.1. The van der Waals surface area contributed by atoms with Crippen LogP contribution in [0.15, 0.2) is 42.5 Å². The number of aryl methyl sites for hydroxylation is 1. The van der Waals surface area contributed by atoms with Crippen LogP contribution in [-0.4, -0.2) is 25.1 Å². The van der Waals surface area contributed by atoms with Crippen LogP contribution in [0.5, 0.6) is 5.75 Å². The molecular formula is C19H20ClNO4. The average Bonchev–Trinajstić information content (AvgIpc) is 2.62. The van der Waals surface area contributed by atoms with E-state index in [4.69, 9.17) is 16.3 Å². The number of methoxy groups -OCH3 is 1. The van der Waals surface area contributed by atoms with Gasteiger partial charge in [-0.3, -0.25) is 4.79 Å². The molecule has 1 N–H and O–H groups in total. The molecule has 0 saturated heterocycles. The van der Waals surface area contributed by atoms with E-state index in [-0.39, 0.29) is 16.5 Å². The first-order valence-corrected chi connectivity index (χ1v) is 8.27. The van der Waals surface area contributed by atoms with Gasteiger partial charge in [-0.25, -0.2) is 4.79 Å². The van der Waals surface area contributed by atoms with Crippen molar-refractivity contribution in [2.24, 2.45) is 0 Å². The number of carbonyl (C=O) groups excluding carboxylic acids is 2. The van der Waals surface area contributed by atoms with Gasteiger partial charge >= 0.3 is 5.97 Å². The summed E-state index contributed by atoms with van der Waals surface area (Å²) in [5, 5.41) is 2.97. The van der Waals surface area contributed by atoms with E-state index in [1.807, 2.05) is 31.2 Å². The van der Waals surface area contributed by atoms with Gasteiger partial charge in [0.05, 0.1) is 17.7 Å². The van der Waals surface area contributed by atoms with E-state index in [0.29, 0.717) is 11.4 Å². The van der Waals surface area contributed by atoms with Gasteiger partial charge in [-0.15, -0.1) is 0 Å². The highest BCUT2D eigenvalue weighted by Crippen LogP contribution is 2.23. The lowest BCUT2D eigenvalue weighted by molar-refractivity contribution is -0.122. The van der Waals surface area contributed by atoms with Crippen LogP contribution >= 0.6 is 11.6 Å². The summed E-state index contributed by atoms with van der Waals surface area (Å²) in [4.78, 5) is 24.0. The minimum absolute atomic E-state index is 0.187. The molecule has 0 aliphatic carbocycles. The Morgan fingerprint density at radius 1 is 1.20 bits per heavy atom. The van der Waals surface area contributed by atoms with E-state index in [1.165, 1.54) is 19.2 Å². The summed E-state index contributed by atoms with van der Waals surface area (Å²) in [5.41, 5.74) is 1.66. The number of para-hydroxylation sites is 1. The molecule has 2 aromatic carbocycles. The van der Waals surface area contributed by atoms with Crippen molar-refractivity contribution in [2.45, 2.75) is 26.4 Å². The van der Waals surface area contributed by atoms with Crippen LogP contribution in [0.3, 0.4) is 0 Å². The van der Waals surface area contributed by atoms with E-state index < -0.39 is 12.1 Å². The summed E-state index contributed by atoms with van der Waals surface area (Å²) < 4.78 is 10.4. The third-order valence-electron chi connectivity index (χ3n) is 3.67. The van der Waals surface area contributed by atoms with E-state index in [0.717, 1.165) is 12.0 Å². The van der Waals surface area contributed by atoms with Gasteiger partial charge < -0.3 is 14.8 Å². The first-order valence-electron chi connectivity index (χ1n) is 7.89. The summed E-state index contributed by atoms with van der Waals surface area (Å²) in [6.45, 7) is 3.69. The second-order valence-electron chi connectivity index (χ2n) is 5.40. The van der Waals surface area contributed by atoms with Gasteiger partial charge in [-0.2, -0.15) is 0 Å². The number of ether oxygens (including phenoxy) is 2. The first-order chi connectivity index (χ1) is 12.0. The maximum absolute atomic E-state index is 12.4. The van der Waals surface area contributed by atoms with Gasteiger partial charge in [0.15, 0.2) is 6.10 Å². The van der Waals surface area contributed by atoms with Crippen molar-refractivity contribution in [2.75, 3.05) is 12.4 Å². The molecule has 0 heterocycles. The van der Waals surface area contributed by atoms with Gasteiger partial charge in [-0.05, 0) is 43.2 Å². The molecule has 0 aliphatic heterocycles. The Bertz CT molecular complexity index is 776. The Balaban J connectivity index is 2.10. The van der Waals surface area contributed by atoms with Crippen molar-refractivity contribution in [1.29, 1.82) is 0 Å². The lowest BCUT2D eigenvalue weighted by Crippen LogP contribution is -2.30. The zero-order valence-corrected chi connectivity index (χ0v) is 15.1. The van der Waals surface area contributed by atoms with Crippen LogP contribution in [0.4, 0.5) is 5.69 Å². The van der Waals surface area contributed by atoms with Gasteiger partial charge in [0, 0.05) is 5.69 Å². The average molecular weight is 362 g/mol. The van der Waals surface area contributed by atoms with Crippen LogP contribution in [0.2, 0.25) is 5.02 Å². The molecule has 5 nitrogen and oxygen atoms in total. The normalized spacial score (nSPS) is 11.5. The summed E-state index contributed by atoms with van der Waals surface area (Å²) >= 11 is 5.97. The number of carbonyl (C=O) groups is 2. The molecule has 6 heteroatoms. The van der Waals surface area contributed by atoms with Crippen molar-refractivity contribution in [1.82, 2.24) is 0 Å². The maximum Gasteiger partial charge on any atom is 0.339 e. The molecule has 132 valence electrons. The number of esters is 1. The van der Waals surface area contributed by atoms with Crippen molar-refractivity contribution < 1.29 is 19.1 Å². The molecule has 0 fully saturated rings. The highest BCUT2D eigenvalue weighted by molar-refractivity contribution is 6.33. The molecule has 2 rings (SSSR count). The van der Waals surface area contributed by atoms with Gasteiger partial charge in [0.25, 0.3) is 5.91 Å². The minimum atomic E-state index is -0.704. The third kappa shape index (κ3) is 4.73. The van der Waals surface area contributed by atoms with Crippen molar-refractivity contribution in [3.8, 4) is 5.75 Å². The summed E-state index contributed by atoms with van der Waals surface area (Å²) in [5.74, 6) is -0.217. The zero-order valence-electron chi connectivity index (χ0n) is 14.3. The largest absolute Gasteiger partial charge is 0.481 e. The Labute approximate surface area is 151 Å². The van der Waals surface area contributed by atoms with Crippen LogP contribution in [0, 0.1) is 0 Å². The van der Waals surface area contributed by atoms with E-state index in [9.17, 15) is 9.59 Å². The molecule has 0 radical (unpaired) electrons. The van der Waals surface area contributed by atoms with Crippen molar-refractivity contribution in [3.63, 3.8) is 0 Å². The zero-order chi connectivity index (χ0) is 18.4. The maximum atomic E-state index is 12.4. The molecule has 0 aliphatic rings. The second-order valence-corrected chi connectivity index (χ2v) is 5.80. The van der Waals surface area contributed by atoms with Gasteiger partial charge in [0.1, 0.15) is 5.75 Å². The molecule has 0 unspecified atom stereocenters. The number of rotatable bonds is 6. The number of hydrogen-bond acceptors (Lipinski definition) is 4. The number of amides is 1. The van der Waals surface area contributed by atoms with Crippen LogP contribution in [0.25, 0.3) is 0 Å². The highest BCUT2D eigenvalue weighted by Gasteiger charge is 2.18. The molecule has 2 aromatic rings. The van der Waals surface area contributed by atoms with E-state index >= 15 is 0 Å². The number of halogens is 1. The topological polar surface area (TPSA) is 64.6 Å². The van der Waals surface area contributed by atoms with Gasteiger partial charge in [-0.1, -0.05) is 36.7 Å². The van der Waals surface area contributed by atoms with Crippen LogP contribution in [-0.2, 0) is 16.0 Å². The molecule has 0 spiro atoms. The van der Waals surface area contributed by atoms with Gasteiger partial charge in [0.2, 0.25) is 0 Å². The molecule has 25 heavy (non-hydrogen) atoms. The van der Waals surface area contributed by atoms with E-state index in [2.05, 4.69) is 10.1 Å². The Morgan fingerprint density at radius 2 is 1.92 bits per heavy atom. The Morgan fingerprint density at radius 3 is 2.60 bits per heavy atom. The molecule has 0 saturated carbocycles. The SMILES string of the molecule is CCc1ccccc1O[C@H](C)C(=O)Nc1ccc(Cl)c(C(=O)OC)c1.